The van der Waals surface area contributed by atoms with Gasteiger partial charge in [0.2, 0.25) is 5.88 Å². The van der Waals surface area contributed by atoms with E-state index < -0.39 is 12.0 Å². The Hall–Kier alpha value is -4.32. The first-order chi connectivity index (χ1) is 17.9. The normalized spacial score (nSPS) is 11.4. The molecule has 0 spiro atoms. The van der Waals surface area contributed by atoms with E-state index in [1.165, 1.54) is 12.1 Å². The van der Waals surface area contributed by atoms with E-state index >= 15 is 0 Å². The maximum absolute atomic E-state index is 14.4. The molecule has 1 aromatic heterocycles. The van der Waals surface area contributed by atoms with E-state index in [2.05, 4.69) is 13.8 Å². The third kappa shape index (κ3) is 4.87. The van der Waals surface area contributed by atoms with Crippen molar-refractivity contribution in [1.29, 1.82) is 0 Å². The number of carbonyl (C=O) groups is 1. The Morgan fingerprint density at radius 1 is 0.946 bits per heavy atom. The Morgan fingerprint density at radius 2 is 1.70 bits per heavy atom. The molecular weight excluding hydrogens is 469 g/mol. The molecule has 188 valence electrons. The van der Waals surface area contributed by atoms with Gasteiger partial charge in [0.05, 0.1) is 17.7 Å². The van der Waals surface area contributed by atoms with Crippen molar-refractivity contribution < 1.29 is 23.8 Å². The second-order valence-electron chi connectivity index (χ2n) is 9.28. The fourth-order valence-corrected chi connectivity index (χ4v) is 4.93. The maximum atomic E-state index is 14.4. The van der Waals surface area contributed by atoms with Gasteiger partial charge < -0.3 is 19.1 Å². The summed E-state index contributed by atoms with van der Waals surface area (Å²) in [7, 11) is 0. The van der Waals surface area contributed by atoms with E-state index in [0.29, 0.717) is 36.0 Å². The van der Waals surface area contributed by atoms with Crippen molar-refractivity contribution in [3.63, 3.8) is 0 Å². The van der Waals surface area contributed by atoms with Crippen LogP contribution in [0.2, 0.25) is 0 Å². The fourth-order valence-electron chi connectivity index (χ4n) is 4.93. The van der Waals surface area contributed by atoms with Gasteiger partial charge in [-0.1, -0.05) is 74.5 Å². The van der Waals surface area contributed by atoms with Gasteiger partial charge in [-0.25, -0.2) is 9.18 Å². The molecule has 5 aromatic rings. The SMILES string of the molecule is CC(C)c1ccccc1-c1c(OC(=O)O)n(CCCOc2cccc3ccccc23)c2ccc(F)cc12. The van der Waals surface area contributed by atoms with Crippen molar-refractivity contribution in [2.75, 3.05) is 6.61 Å². The highest BCUT2D eigenvalue weighted by molar-refractivity contribution is 6.01. The molecule has 4 aromatic carbocycles. The highest BCUT2D eigenvalue weighted by atomic mass is 19.1. The Bertz CT molecular complexity index is 1580. The molecule has 0 radical (unpaired) electrons. The van der Waals surface area contributed by atoms with Crippen LogP contribution in [0.3, 0.4) is 0 Å². The third-order valence-electron chi connectivity index (χ3n) is 6.55. The van der Waals surface area contributed by atoms with Crippen LogP contribution in [-0.2, 0) is 6.54 Å². The summed E-state index contributed by atoms with van der Waals surface area (Å²) >= 11 is 0. The number of halogens is 1. The average Bonchev–Trinajstić information content (AvgIpc) is 3.17. The van der Waals surface area contributed by atoms with Crippen LogP contribution in [0.4, 0.5) is 9.18 Å². The lowest BCUT2D eigenvalue weighted by atomic mass is 9.92. The Balaban J connectivity index is 1.52. The number of benzene rings is 4. The average molecular weight is 498 g/mol. The Kier molecular flexibility index (Phi) is 6.82. The minimum atomic E-state index is -1.42. The van der Waals surface area contributed by atoms with Crippen LogP contribution in [-0.4, -0.2) is 22.4 Å². The number of ether oxygens (including phenoxy) is 2. The quantitative estimate of drug-likeness (QED) is 0.173. The van der Waals surface area contributed by atoms with Crippen molar-refractivity contribution in [2.24, 2.45) is 0 Å². The molecule has 0 fully saturated rings. The van der Waals surface area contributed by atoms with Crippen molar-refractivity contribution in [3.05, 3.63) is 96.3 Å². The third-order valence-corrected chi connectivity index (χ3v) is 6.55. The number of aromatic nitrogens is 1. The van der Waals surface area contributed by atoms with Crippen molar-refractivity contribution in [3.8, 4) is 22.8 Å². The van der Waals surface area contributed by atoms with Crippen LogP contribution in [0, 0.1) is 5.82 Å². The molecule has 1 heterocycles. The van der Waals surface area contributed by atoms with Gasteiger partial charge in [0, 0.05) is 17.3 Å². The van der Waals surface area contributed by atoms with E-state index in [0.717, 1.165) is 27.6 Å². The number of carboxylic acid groups (broad SMARTS) is 1. The second-order valence-corrected chi connectivity index (χ2v) is 9.28. The molecular formula is C31H28FNO4. The largest absolute Gasteiger partial charge is 0.512 e. The van der Waals surface area contributed by atoms with E-state index in [1.807, 2.05) is 71.3 Å². The predicted octanol–water partition coefficient (Wildman–Crippen LogP) is 8.25. The van der Waals surface area contributed by atoms with Crippen LogP contribution in [0.5, 0.6) is 11.6 Å². The zero-order valence-electron chi connectivity index (χ0n) is 20.8. The van der Waals surface area contributed by atoms with Crippen LogP contribution < -0.4 is 9.47 Å². The summed E-state index contributed by atoms with van der Waals surface area (Å²) in [6, 6.07) is 26.3. The number of rotatable bonds is 8. The monoisotopic (exact) mass is 497 g/mol. The van der Waals surface area contributed by atoms with Crippen molar-refractivity contribution in [1.82, 2.24) is 4.57 Å². The smallest absolute Gasteiger partial charge is 0.493 e. The fraction of sp³-hybridized carbons (Fsp3) is 0.194. The van der Waals surface area contributed by atoms with Crippen molar-refractivity contribution in [2.45, 2.75) is 32.7 Å². The second kappa shape index (κ2) is 10.3. The summed E-state index contributed by atoms with van der Waals surface area (Å²) in [5.41, 5.74) is 3.14. The number of hydrogen-bond acceptors (Lipinski definition) is 3. The van der Waals surface area contributed by atoms with Crippen molar-refractivity contribution >= 4 is 27.8 Å². The lowest BCUT2D eigenvalue weighted by Crippen LogP contribution is -2.11. The van der Waals surface area contributed by atoms with E-state index in [9.17, 15) is 14.3 Å². The van der Waals surface area contributed by atoms with Crippen LogP contribution in [0.25, 0.3) is 32.8 Å². The van der Waals surface area contributed by atoms with Crippen LogP contribution in [0.1, 0.15) is 31.7 Å². The summed E-state index contributed by atoms with van der Waals surface area (Å²) in [5.74, 6) is 0.765. The summed E-state index contributed by atoms with van der Waals surface area (Å²) in [6.45, 7) is 4.99. The van der Waals surface area contributed by atoms with Gasteiger partial charge in [0.15, 0.2) is 0 Å². The standard InChI is InChI=1S/C31H28FNO4/c1-20(2)23-11-5-6-13-25(23)29-26-19-22(32)15-16-27(26)33(30(29)37-31(34)35)17-8-18-36-28-14-7-10-21-9-3-4-12-24(21)28/h3-7,9-16,19-20H,8,17-18H2,1-2H3,(H,34,35). The van der Waals surface area contributed by atoms with Gasteiger partial charge in [0.25, 0.3) is 0 Å². The van der Waals surface area contributed by atoms with Gasteiger partial charge in [-0.15, -0.1) is 0 Å². The molecule has 0 unspecified atom stereocenters. The topological polar surface area (TPSA) is 60.7 Å². The maximum Gasteiger partial charge on any atom is 0.512 e. The molecule has 0 aliphatic carbocycles. The van der Waals surface area contributed by atoms with E-state index in [-0.39, 0.29) is 11.8 Å². The van der Waals surface area contributed by atoms with E-state index in [4.69, 9.17) is 9.47 Å². The molecule has 0 bridgehead atoms. The van der Waals surface area contributed by atoms with Gasteiger partial charge in [-0.3, -0.25) is 0 Å². The molecule has 0 saturated heterocycles. The lowest BCUT2D eigenvalue weighted by molar-refractivity contribution is 0.141. The lowest BCUT2D eigenvalue weighted by Gasteiger charge is -2.15. The number of nitrogens with zero attached hydrogens (tertiary/aromatic N) is 1. The van der Waals surface area contributed by atoms with Crippen LogP contribution in [0.15, 0.2) is 84.9 Å². The highest BCUT2D eigenvalue weighted by Gasteiger charge is 2.24. The van der Waals surface area contributed by atoms with Gasteiger partial charge in [-0.2, -0.15) is 0 Å². The Morgan fingerprint density at radius 3 is 2.51 bits per heavy atom. The number of fused-ring (bicyclic) bond motifs is 2. The molecule has 0 saturated carbocycles. The zero-order valence-corrected chi connectivity index (χ0v) is 20.8. The predicted molar refractivity (Wildman–Crippen MR) is 144 cm³/mol. The molecule has 5 nitrogen and oxygen atoms in total. The van der Waals surface area contributed by atoms with E-state index in [1.54, 1.807) is 6.07 Å². The number of aryl methyl sites for hydroxylation is 1. The first-order valence-corrected chi connectivity index (χ1v) is 12.4. The molecule has 0 amide bonds. The Labute approximate surface area is 214 Å². The van der Waals surface area contributed by atoms with Crippen LogP contribution >= 0.6 is 0 Å². The van der Waals surface area contributed by atoms with Gasteiger partial charge >= 0.3 is 6.16 Å². The molecule has 37 heavy (non-hydrogen) atoms. The molecule has 0 aliphatic rings. The van der Waals surface area contributed by atoms with Gasteiger partial charge in [-0.05, 0) is 53.1 Å². The minimum Gasteiger partial charge on any atom is -0.493 e. The molecule has 5 rings (SSSR count). The molecule has 0 atom stereocenters. The number of hydrogen-bond donors (Lipinski definition) is 1. The summed E-state index contributed by atoms with van der Waals surface area (Å²) < 4.78 is 27.7. The summed E-state index contributed by atoms with van der Waals surface area (Å²) in [5, 5.41) is 12.4. The first kappa shape index (κ1) is 24.4. The summed E-state index contributed by atoms with van der Waals surface area (Å²) in [6.07, 6.45) is -0.828. The minimum absolute atomic E-state index is 0.176. The first-order valence-electron chi connectivity index (χ1n) is 12.4. The summed E-state index contributed by atoms with van der Waals surface area (Å²) in [4.78, 5) is 11.8. The van der Waals surface area contributed by atoms with Gasteiger partial charge in [0.1, 0.15) is 11.6 Å². The zero-order chi connectivity index (χ0) is 25.9. The molecule has 1 N–H and O–H groups in total. The highest BCUT2D eigenvalue weighted by Crippen LogP contribution is 2.43. The molecule has 0 aliphatic heterocycles. The molecule has 6 heteroatoms.